The fourth-order valence-corrected chi connectivity index (χ4v) is 3.05. The lowest BCUT2D eigenvalue weighted by molar-refractivity contribution is -0.137. The van der Waals surface area contributed by atoms with Gasteiger partial charge in [0, 0.05) is 32.5 Å². The van der Waals surface area contributed by atoms with Gasteiger partial charge in [0.05, 0.1) is 5.56 Å². The predicted molar refractivity (Wildman–Crippen MR) is 91.3 cm³/mol. The van der Waals surface area contributed by atoms with E-state index in [1.807, 2.05) is 18.7 Å². The van der Waals surface area contributed by atoms with E-state index in [0.29, 0.717) is 38.0 Å². The number of benzene rings is 1. The van der Waals surface area contributed by atoms with Gasteiger partial charge in [-0.3, -0.25) is 4.90 Å². The van der Waals surface area contributed by atoms with Gasteiger partial charge in [-0.1, -0.05) is 13.8 Å². The molecule has 8 heteroatoms. The Morgan fingerprint density at radius 3 is 2.35 bits per heavy atom. The highest BCUT2D eigenvalue weighted by Gasteiger charge is 2.32. The zero-order valence-corrected chi connectivity index (χ0v) is 15.1. The van der Waals surface area contributed by atoms with Crippen molar-refractivity contribution in [3.63, 3.8) is 0 Å². The molecule has 5 nitrogen and oxygen atoms in total. The summed E-state index contributed by atoms with van der Waals surface area (Å²) in [4.78, 5) is 14.3. The summed E-state index contributed by atoms with van der Waals surface area (Å²) < 4.78 is 45.5. The van der Waals surface area contributed by atoms with E-state index in [2.05, 4.69) is 0 Å². The summed E-state index contributed by atoms with van der Waals surface area (Å²) in [5.41, 5.74) is -0.165. The van der Waals surface area contributed by atoms with E-state index in [1.54, 1.807) is 6.07 Å². The van der Waals surface area contributed by atoms with E-state index in [0.717, 1.165) is 25.2 Å². The standard InChI is InChI=1S/C18H25F3N2O3/c1-3-22(4-2)12-13-9-14(18(19,20)21)11-16(10-13)26-15-5-7-23(8-6-15)17(24)25/h9-11,15H,3-8,12H2,1-2H3,(H,24,25). The number of alkyl halides is 3. The molecule has 1 aliphatic rings. The normalized spacial score (nSPS) is 16.2. The molecule has 0 saturated carbocycles. The van der Waals surface area contributed by atoms with Gasteiger partial charge in [-0.2, -0.15) is 13.2 Å². The van der Waals surface area contributed by atoms with Crippen molar-refractivity contribution in [2.75, 3.05) is 26.2 Å². The quantitative estimate of drug-likeness (QED) is 0.816. The molecule has 26 heavy (non-hydrogen) atoms. The average Bonchev–Trinajstić information content (AvgIpc) is 2.59. The van der Waals surface area contributed by atoms with E-state index in [-0.39, 0.29) is 11.9 Å². The van der Waals surface area contributed by atoms with Gasteiger partial charge < -0.3 is 14.7 Å². The number of carboxylic acid groups (broad SMARTS) is 1. The minimum atomic E-state index is -4.44. The number of piperidine rings is 1. The molecular weight excluding hydrogens is 349 g/mol. The Kier molecular flexibility index (Phi) is 6.75. The first kappa shape index (κ1) is 20.4. The first-order chi connectivity index (χ1) is 12.2. The van der Waals surface area contributed by atoms with Gasteiger partial charge in [-0.25, -0.2) is 4.79 Å². The number of nitrogens with zero attached hydrogens (tertiary/aromatic N) is 2. The Bertz CT molecular complexity index is 610. The maximum Gasteiger partial charge on any atom is 0.416 e. The number of carbonyl (C=O) groups is 1. The van der Waals surface area contributed by atoms with Crippen LogP contribution in [0.15, 0.2) is 18.2 Å². The second kappa shape index (κ2) is 8.62. The van der Waals surface area contributed by atoms with Crippen molar-refractivity contribution in [2.24, 2.45) is 0 Å². The van der Waals surface area contributed by atoms with E-state index < -0.39 is 17.8 Å². The maximum atomic E-state index is 13.2. The van der Waals surface area contributed by atoms with E-state index in [4.69, 9.17) is 9.84 Å². The second-order valence-electron chi connectivity index (χ2n) is 6.41. The first-order valence-electron chi connectivity index (χ1n) is 8.81. The van der Waals surface area contributed by atoms with E-state index in [1.165, 1.54) is 4.90 Å². The largest absolute Gasteiger partial charge is 0.490 e. The number of halogens is 3. The van der Waals surface area contributed by atoms with Crippen LogP contribution < -0.4 is 4.74 Å². The predicted octanol–water partition coefficient (Wildman–Crippen LogP) is 4.07. The smallest absolute Gasteiger partial charge is 0.416 e. The highest BCUT2D eigenvalue weighted by atomic mass is 19.4. The third kappa shape index (κ3) is 5.52. The van der Waals surface area contributed by atoms with Crippen LogP contribution in [0.3, 0.4) is 0 Å². The Hall–Kier alpha value is -1.96. The van der Waals surface area contributed by atoms with Crippen LogP contribution in [0, 0.1) is 0 Å². The zero-order valence-electron chi connectivity index (χ0n) is 15.1. The molecule has 1 fully saturated rings. The lowest BCUT2D eigenvalue weighted by Crippen LogP contribution is -2.41. The van der Waals surface area contributed by atoms with Gasteiger partial charge in [0.2, 0.25) is 0 Å². The van der Waals surface area contributed by atoms with Crippen LogP contribution in [0.25, 0.3) is 0 Å². The van der Waals surface area contributed by atoms with Crippen molar-refractivity contribution in [1.82, 2.24) is 9.80 Å². The highest BCUT2D eigenvalue weighted by Crippen LogP contribution is 2.34. The molecular formula is C18H25F3N2O3. The summed E-state index contributed by atoms with van der Waals surface area (Å²) in [6.07, 6.45) is -4.77. The molecule has 0 aromatic heterocycles. The lowest BCUT2D eigenvalue weighted by atomic mass is 10.1. The fraction of sp³-hybridized carbons (Fsp3) is 0.611. The number of amides is 1. The molecule has 2 rings (SSSR count). The van der Waals surface area contributed by atoms with Gasteiger partial charge >= 0.3 is 12.3 Å². The summed E-state index contributed by atoms with van der Waals surface area (Å²) in [6.45, 7) is 6.49. The monoisotopic (exact) mass is 374 g/mol. The number of hydrogen-bond donors (Lipinski definition) is 1. The minimum Gasteiger partial charge on any atom is -0.490 e. The molecule has 0 aliphatic carbocycles. The average molecular weight is 374 g/mol. The van der Waals surface area contributed by atoms with Gasteiger partial charge in [-0.05, 0) is 36.9 Å². The Morgan fingerprint density at radius 1 is 1.23 bits per heavy atom. The van der Waals surface area contributed by atoms with Crippen LogP contribution in [0.5, 0.6) is 5.75 Å². The van der Waals surface area contributed by atoms with Crippen molar-refractivity contribution in [1.29, 1.82) is 0 Å². The summed E-state index contributed by atoms with van der Waals surface area (Å²) in [5.74, 6) is 0.191. The molecule has 1 aliphatic heterocycles. The fourth-order valence-electron chi connectivity index (χ4n) is 3.05. The lowest BCUT2D eigenvalue weighted by Gasteiger charge is -2.30. The molecule has 1 heterocycles. The second-order valence-corrected chi connectivity index (χ2v) is 6.41. The molecule has 146 valence electrons. The van der Waals surface area contributed by atoms with Gasteiger partial charge in [0.25, 0.3) is 0 Å². The number of hydrogen-bond acceptors (Lipinski definition) is 3. The topological polar surface area (TPSA) is 53.0 Å². The van der Waals surface area contributed by atoms with Crippen LogP contribution in [-0.4, -0.2) is 53.3 Å². The van der Waals surface area contributed by atoms with Gasteiger partial charge in [0.1, 0.15) is 11.9 Å². The third-order valence-electron chi connectivity index (χ3n) is 4.61. The Morgan fingerprint density at radius 2 is 1.85 bits per heavy atom. The van der Waals surface area contributed by atoms with E-state index in [9.17, 15) is 18.0 Å². The molecule has 1 aromatic rings. The molecule has 0 atom stereocenters. The van der Waals surface area contributed by atoms with Gasteiger partial charge in [-0.15, -0.1) is 0 Å². The molecule has 0 unspecified atom stereocenters. The maximum absolute atomic E-state index is 13.2. The number of likely N-dealkylation sites (tertiary alicyclic amines) is 1. The molecule has 1 aromatic carbocycles. The Labute approximate surface area is 151 Å². The molecule has 1 amide bonds. The minimum absolute atomic E-state index is 0.191. The van der Waals surface area contributed by atoms with Crippen LogP contribution in [0.1, 0.15) is 37.8 Å². The number of ether oxygens (including phenoxy) is 1. The third-order valence-corrected chi connectivity index (χ3v) is 4.61. The van der Waals surface area contributed by atoms with Crippen molar-refractivity contribution in [3.05, 3.63) is 29.3 Å². The van der Waals surface area contributed by atoms with Crippen molar-refractivity contribution in [2.45, 2.75) is 45.5 Å². The molecule has 1 N–H and O–H groups in total. The Balaban J connectivity index is 2.15. The van der Waals surface area contributed by atoms with Crippen molar-refractivity contribution >= 4 is 6.09 Å². The highest BCUT2D eigenvalue weighted by molar-refractivity contribution is 5.65. The van der Waals surface area contributed by atoms with Crippen LogP contribution in [0.2, 0.25) is 0 Å². The number of rotatable bonds is 6. The van der Waals surface area contributed by atoms with Crippen LogP contribution in [-0.2, 0) is 12.7 Å². The van der Waals surface area contributed by atoms with Crippen LogP contribution in [0.4, 0.5) is 18.0 Å². The zero-order chi connectivity index (χ0) is 19.3. The summed E-state index contributed by atoms with van der Waals surface area (Å²) in [7, 11) is 0. The molecule has 0 bridgehead atoms. The van der Waals surface area contributed by atoms with Crippen LogP contribution >= 0.6 is 0 Å². The molecule has 0 spiro atoms. The van der Waals surface area contributed by atoms with Crippen molar-refractivity contribution in [3.8, 4) is 5.75 Å². The van der Waals surface area contributed by atoms with Gasteiger partial charge in [0.15, 0.2) is 0 Å². The summed E-state index contributed by atoms with van der Waals surface area (Å²) >= 11 is 0. The van der Waals surface area contributed by atoms with E-state index >= 15 is 0 Å². The summed E-state index contributed by atoms with van der Waals surface area (Å²) in [5, 5.41) is 8.96. The first-order valence-corrected chi connectivity index (χ1v) is 8.81. The summed E-state index contributed by atoms with van der Waals surface area (Å²) in [6, 6.07) is 3.84. The molecule has 0 radical (unpaired) electrons. The van der Waals surface area contributed by atoms with Crippen molar-refractivity contribution < 1.29 is 27.8 Å². The SMILES string of the molecule is CCN(CC)Cc1cc(OC2CCN(C(=O)O)CC2)cc(C(F)(F)F)c1. The molecule has 1 saturated heterocycles.